The fraction of sp³-hybridized carbons (Fsp3) is 1.00. The molecule has 0 aromatic rings. The summed E-state index contributed by atoms with van der Waals surface area (Å²) < 4.78 is 10.2. The lowest BCUT2D eigenvalue weighted by Crippen LogP contribution is -2.16. The van der Waals surface area contributed by atoms with Crippen molar-refractivity contribution < 1.29 is 14.6 Å². The minimum atomic E-state index is -0.288. The van der Waals surface area contributed by atoms with Crippen molar-refractivity contribution in [2.24, 2.45) is 0 Å². The predicted molar refractivity (Wildman–Crippen MR) is 46.1 cm³/mol. The van der Waals surface area contributed by atoms with Gasteiger partial charge in [0, 0.05) is 0 Å². The van der Waals surface area contributed by atoms with Crippen LogP contribution in [0.2, 0.25) is 0 Å². The first-order valence-electron chi connectivity index (χ1n) is 4.70. The Morgan fingerprint density at radius 1 is 1.67 bits per heavy atom. The van der Waals surface area contributed by atoms with E-state index in [1.807, 2.05) is 0 Å². The summed E-state index contributed by atoms with van der Waals surface area (Å²) in [5.41, 5.74) is 0. The van der Waals surface area contributed by atoms with E-state index in [2.05, 4.69) is 6.92 Å². The van der Waals surface area contributed by atoms with Crippen LogP contribution in [0.1, 0.15) is 26.2 Å². The summed E-state index contributed by atoms with van der Waals surface area (Å²) in [6.07, 6.45) is 3.07. The van der Waals surface area contributed by atoms with Gasteiger partial charge in [0.05, 0.1) is 25.9 Å². The Labute approximate surface area is 73.7 Å². The van der Waals surface area contributed by atoms with Crippen molar-refractivity contribution in [3.8, 4) is 0 Å². The lowest BCUT2D eigenvalue weighted by molar-refractivity contribution is 0.0256. The van der Waals surface area contributed by atoms with Crippen LogP contribution in [0.5, 0.6) is 0 Å². The monoisotopic (exact) mass is 174 g/mol. The summed E-state index contributed by atoms with van der Waals surface area (Å²) in [6, 6.07) is 0. The molecule has 0 aromatic carbocycles. The van der Waals surface area contributed by atoms with Gasteiger partial charge < -0.3 is 14.6 Å². The first kappa shape index (κ1) is 9.96. The van der Waals surface area contributed by atoms with Crippen molar-refractivity contribution in [1.29, 1.82) is 0 Å². The zero-order valence-electron chi connectivity index (χ0n) is 7.66. The van der Waals surface area contributed by atoms with Gasteiger partial charge in [0.2, 0.25) is 0 Å². The summed E-state index contributed by atoms with van der Waals surface area (Å²) in [5.74, 6) is 0. The second-order valence-corrected chi connectivity index (χ2v) is 3.29. The highest BCUT2D eigenvalue weighted by Crippen LogP contribution is 2.09. The van der Waals surface area contributed by atoms with Crippen molar-refractivity contribution >= 4 is 0 Å². The Kier molecular flexibility index (Phi) is 4.58. The van der Waals surface area contributed by atoms with Crippen LogP contribution in [0.4, 0.5) is 0 Å². The molecular formula is C9H18O3. The lowest BCUT2D eigenvalue weighted by Gasteiger charge is -2.09. The van der Waals surface area contributed by atoms with E-state index in [0.717, 1.165) is 25.9 Å². The van der Waals surface area contributed by atoms with Gasteiger partial charge in [0.25, 0.3) is 0 Å². The average Bonchev–Trinajstić information content (AvgIpc) is 2.84. The Balaban J connectivity index is 1.83. The van der Waals surface area contributed by atoms with E-state index in [-0.39, 0.29) is 6.10 Å². The molecule has 0 amide bonds. The first-order valence-corrected chi connectivity index (χ1v) is 4.70. The van der Waals surface area contributed by atoms with Crippen molar-refractivity contribution in [2.75, 3.05) is 19.8 Å². The third-order valence-corrected chi connectivity index (χ3v) is 1.91. The maximum absolute atomic E-state index is 9.35. The summed E-state index contributed by atoms with van der Waals surface area (Å²) in [5, 5.41) is 9.35. The van der Waals surface area contributed by atoms with Gasteiger partial charge >= 0.3 is 0 Å². The molecular weight excluding hydrogens is 156 g/mol. The van der Waals surface area contributed by atoms with Crippen LogP contribution >= 0.6 is 0 Å². The van der Waals surface area contributed by atoms with Gasteiger partial charge in [-0.3, -0.25) is 0 Å². The minimum Gasteiger partial charge on any atom is -0.391 e. The molecule has 1 heterocycles. The van der Waals surface area contributed by atoms with E-state index in [4.69, 9.17) is 9.47 Å². The normalized spacial score (nSPS) is 24.0. The highest BCUT2D eigenvalue weighted by atomic mass is 16.6. The Morgan fingerprint density at radius 2 is 2.42 bits per heavy atom. The molecule has 3 heteroatoms. The Bertz CT molecular complexity index is 112. The number of unbranched alkanes of at least 4 members (excludes halogenated alkanes) is 1. The molecule has 1 saturated heterocycles. The van der Waals surface area contributed by atoms with Crippen molar-refractivity contribution in [3.63, 3.8) is 0 Å². The van der Waals surface area contributed by atoms with Crippen LogP contribution in [0.3, 0.4) is 0 Å². The van der Waals surface area contributed by atoms with Crippen LogP contribution in [0.25, 0.3) is 0 Å². The van der Waals surface area contributed by atoms with Crippen LogP contribution in [0.15, 0.2) is 0 Å². The van der Waals surface area contributed by atoms with Crippen molar-refractivity contribution in [3.05, 3.63) is 0 Å². The van der Waals surface area contributed by atoms with Gasteiger partial charge in [-0.2, -0.15) is 0 Å². The number of hydrogen-bond acceptors (Lipinski definition) is 3. The molecule has 12 heavy (non-hydrogen) atoms. The molecule has 0 saturated carbocycles. The number of rotatable bonds is 7. The average molecular weight is 174 g/mol. The van der Waals surface area contributed by atoms with Crippen LogP contribution in [-0.2, 0) is 9.47 Å². The molecule has 72 valence electrons. The lowest BCUT2D eigenvalue weighted by atomic mass is 10.2. The second kappa shape index (κ2) is 5.51. The smallest absolute Gasteiger partial charge is 0.104 e. The number of hydrogen-bond donors (Lipinski definition) is 1. The molecule has 2 atom stereocenters. The van der Waals surface area contributed by atoms with Gasteiger partial charge in [0.15, 0.2) is 0 Å². The topological polar surface area (TPSA) is 42.0 Å². The van der Waals surface area contributed by atoms with Gasteiger partial charge in [-0.05, 0) is 6.42 Å². The largest absolute Gasteiger partial charge is 0.391 e. The fourth-order valence-corrected chi connectivity index (χ4v) is 1.02. The molecule has 2 unspecified atom stereocenters. The van der Waals surface area contributed by atoms with E-state index in [1.54, 1.807) is 0 Å². The quantitative estimate of drug-likeness (QED) is 0.584. The molecule has 1 rings (SSSR count). The third kappa shape index (κ3) is 4.70. The van der Waals surface area contributed by atoms with Crippen molar-refractivity contribution in [1.82, 2.24) is 0 Å². The molecule has 3 nitrogen and oxygen atoms in total. The maximum Gasteiger partial charge on any atom is 0.104 e. The van der Waals surface area contributed by atoms with Gasteiger partial charge in [-0.1, -0.05) is 19.8 Å². The Hall–Kier alpha value is -0.120. The molecule has 0 spiro atoms. The Morgan fingerprint density at radius 3 is 3.00 bits per heavy atom. The standard InChI is InChI=1S/C9H18O3/c1-2-3-4-8(10)5-11-6-9-7-12-9/h8-10H,2-7H2,1H3. The minimum absolute atomic E-state index is 0.288. The molecule has 1 fully saturated rings. The van der Waals surface area contributed by atoms with Gasteiger partial charge in [-0.25, -0.2) is 0 Å². The number of aliphatic hydroxyl groups excluding tert-OH is 1. The molecule has 1 aliphatic rings. The summed E-state index contributed by atoms with van der Waals surface area (Å²) in [4.78, 5) is 0. The van der Waals surface area contributed by atoms with Crippen molar-refractivity contribution in [2.45, 2.75) is 38.4 Å². The maximum atomic E-state index is 9.35. The number of ether oxygens (including phenoxy) is 2. The van der Waals surface area contributed by atoms with E-state index in [1.165, 1.54) is 0 Å². The zero-order valence-corrected chi connectivity index (χ0v) is 7.66. The highest BCUT2D eigenvalue weighted by molar-refractivity contribution is 4.67. The molecule has 0 aliphatic carbocycles. The molecule has 0 aromatic heterocycles. The zero-order chi connectivity index (χ0) is 8.81. The van der Waals surface area contributed by atoms with E-state index in [9.17, 15) is 5.11 Å². The second-order valence-electron chi connectivity index (χ2n) is 3.29. The van der Waals surface area contributed by atoms with E-state index < -0.39 is 0 Å². The predicted octanol–water partition coefficient (Wildman–Crippen LogP) is 0.953. The van der Waals surface area contributed by atoms with Crippen LogP contribution in [-0.4, -0.2) is 37.1 Å². The summed E-state index contributed by atoms with van der Waals surface area (Å²) in [6.45, 7) is 4.04. The van der Waals surface area contributed by atoms with Crippen LogP contribution in [0, 0.1) is 0 Å². The molecule has 1 aliphatic heterocycles. The molecule has 0 bridgehead atoms. The van der Waals surface area contributed by atoms with Gasteiger partial charge in [0.1, 0.15) is 6.10 Å². The summed E-state index contributed by atoms with van der Waals surface area (Å²) in [7, 11) is 0. The number of aliphatic hydroxyl groups is 1. The third-order valence-electron chi connectivity index (χ3n) is 1.91. The summed E-state index contributed by atoms with van der Waals surface area (Å²) >= 11 is 0. The van der Waals surface area contributed by atoms with E-state index in [0.29, 0.717) is 19.3 Å². The van der Waals surface area contributed by atoms with Crippen LogP contribution < -0.4 is 0 Å². The molecule has 0 radical (unpaired) electrons. The SMILES string of the molecule is CCCCC(O)COCC1CO1. The number of epoxide rings is 1. The molecule has 1 N–H and O–H groups in total. The van der Waals surface area contributed by atoms with Gasteiger partial charge in [-0.15, -0.1) is 0 Å². The highest BCUT2D eigenvalue weighted by Gasteiger charge is 2.22. The fourth-order valence-electron chi connectivity index (χ4n) is 1.02. The first-order chi connectivity index (χ1) is 5.83. The van der Waals surface area contributed by atoms with E-state index >= 15 is 0 Å².